The highest BCUT2D eigenvalue weighted by molar-refractivity contribution is 6.32. The van der Waals surface area contributed by atoms with Gasteiger partial charge in [0.1, 0.15) is 17.4 Å². The summed E-state index contributed by atoms with van der Waals surface area (Å²) < 4.78 is 42.8. The molecule has 28 heavy (non-hydrogen) atoms. The van der Waals surface area contributed by atoms with Gasteiger partial charge in [-0.25, -0.2) is 4.98 Å². The number of aromatic amines is 1. The van der Waals surface area contributed by atoms with E-state index < -0.39 is 17.7 Å². The third-order valence-corrected chi connectivity index (χ3v) is 3.51. The monoisotopic (exact) mass is 415 g/mol. The lowest BCUT2D eigenvalue weighted by Gasteiger charge is -2.05. The molecule has 3 aromatic rings. The maximum Gasteiger partial charge on any atom is 0.419 e. The summed E-state index contributed by atoms with van der Waals surface area (Å²) in [4.78, 5) is 11.3. The molecule has 0 unspecified atom stereocenters. The van der Waals surface area contributed by atoms with E-state index >= 15 is 0 Å². The van der Waals surface area contributed by atoms with Crippen LogP contribution in [0.3, 0.4) is 0 Å². The summed E-state index contributed by atoms with van der Waals surface area (Å²) in [7, 11) is 0. The van der Waals surface area contributed by atoms with Gasteiger partial charge in [0.2, 0.25) is 0 Å². The Bertz CT molecular complexity index is 1010. The van der Waals surface area contributed by atoms with E-state index in [0.29, 0.717) is 16.5 Å². The standard InChI is InChI=1S/C15H9ClF3N3O2.C2H4O2/c16-11-5-8(15(17,18)19)6-20-13(11)22-21-7-12-9-3-1-2-4-10(9)14(23)24-12;1-2(3)4/h1-7,23H,(H,20,22);1H3,(H,3,4). The van der Waals surface area contributed by atoms with Gasteiger partial charge >= 0.3 is 12.0 Å². The number of pyridine rings is 1. The van der Waals surface area contributed by atoms with Crippen molar-refractivity contribution in [2.75, 3.05) is 5.43 Å². The highest BCUT2D eigenvalue weighted by atomic mass is 35.5. The van der Waals surface area contributed by atoms with E-state index in [1.807, 2.05) is 0 Å². The number of benzene rings is 1. The summed E-state index contributed by atoms with van der Waals surface area (Å²) in [6.07, 6.45) is -2.44. The smallest absolute Gasteiger partial charge is 0.419 e. The van der Waals surface area contributed by atoms with Crippen molar-refractivity contribution in [3.05, 3.63) is 52.9 Å². The number of carbonyl (C=O) groups excluding carboxylic acids is 1. The maximum atomic E-state index is 12.6. The molecule has 0 aliphatic heterocycles. The van der Waals surface area contributed by atoms with Crippen LogP contribution in [0.4, 0.5) is 19.0 Å². The Kier molecular flexibility index (Phi) is 6.47. The van der Waals surface area contributed by atoms with E-state index in [9.17, 15) is 18.3 Å². The van der Waals surface area contributed by atoms with Gasteiger partial charge in [-0.15, -0.1) is 5.43 Å². The predicted octanol–water partition coefficient (Wildman–Crippen LogP) is 2.83. The van der Waals surface area contributed by atoms with Crippen LogP contribution >= 0.6 is 11.6 Å². The molecule has 11 heteroatoms. The second-order valence-corrected chi connectivity index (χ2v) is 5.69. The first-order valence-electron chi connectivity index (χ1n) is 7.55. The number of hydrazone groups is 1. The number of furan rings is 1. The SMILES string of the molecule is CC(=O)[O-].Oc1oc(C=NNc2[nH+]cc(C(F)(F)F)cc2Cl)c2ccccc12. The third-order valence-electron chi connectivity index (χ3n) is 3.21. The average Bonchev–Trinajstić information content (AvgIpc) is 2.91. The molecule has 0 spiro atoms. The van der Waals surface area contributed by atoms with Crippen LogP contribution in [-0.2, 0) is 11.0 Å². The summed E-state index contributed by atoms with van der Waals surface area (Å²) in [5, 5.41) is 23.4. The van der Waals surface area contributed by atoms with Crippen molar-refractivity contribution in [2.45, 2.75) is 13.1 Å². The first-order chi connectivity index (χ1) is 13.1. The fourth-order valence-corrected chi connectivity index (χ4v) is 2.28. The third kappa shape index (κ3) is 5.36. The van der Waals surface area contributed by atoms with E-state index in [1.165, 1.54) is 6.21 Å². The van der Waals surface area contributed by atoms with Crippen LogP contribution in [0.2, 0.25) is 5.02 Å². The molecule has 2 heterocycles. The van der Waals surface area contributed by atoms with Crippen molar-refractivity contribution < 1.29 is 37.6 Å². The Morgan fingerprint density at radius 1 is 1.36 bits per heavy atom. The molecular weight excluding hydrogens is 403 g/mol. The van der Waals surface area contributed by atoms with E-state index in [0.717, 1.165) is 19.2 Å². The molecule has 148 valence electrons. The molecule has 0 aliphatic carbocycles. The molecule has 7 nitrogen and oxygen atoms in total. The van der Waals surface area contributed by atoms with E-state index in [4.69, 9.17) is 25.9 Å². The fourth-order valence-electron chi connectivity index (χ4n) is 2.07. The number of fused-ring (bicyclic) bond motifs is 1. The number of aliphatic carboxylic acids is 1. The lowest BCUT2D eigenvalue weighted by Crippen LogP contribution is -2.16. The maximum absolute atomic E-state index is 12.6. The van der Waals surface area contributed by atoms with E-state index in [1.54, 1.807) is 24.3 Å². The van der Waals surface area contributed by atoms with Crippen LogP contribution in [0, 0.1) is 0 Å². The van der Waals surface area contributed by atoms with Crippen molar-refractivity contribution in [1.29, 1.82) is 0 Å². The number of rotatable bonds is 3. The Morgan fingerprint density at radius 2 is 1.96 bits per heavy atom. The number of carbonyl (C=O) groups is 1. The molecule has 0 atom stereocenters. The van der Waals surface area contributed by atoms with Gasteiger partial charge in [-0.05, 0) is 19.1 Å². The first-order valence-corrected chi connectivity index (χ1v) is 7.93. The Hall–Kier alpha value is -3.27. The second kappa shape index (κ2) is 8.61. The van der Waals surface area contributed by atoms with Crippen molar-refractivity contribution in [3.8, 4) is 5.95 Å². The van der Waals surface area contributed by atoms with Gasteiger partial charge in [-0.1, -0.05) is 34.9 Å². The summed E-state index contributed by atoms with van der Waals surface area (Å²) in [6.45, 7) is 0.972. The molecule has 0 radical (unpaired) electrons. The summed E-state index contributed by atoms with van der Waals surface area (Å²) >= 11 is 5.79. The highest BCUT2D eigenvalue weighted by Crippen LogP contribution is 2.31. The van der Waals surface area contributed by atoms with Crippen LogP contribution in [0.1, 0.15) is 18.2 Å². The molecule has 3 rings (SSSR count). The number of hydrogen-bond donors (Lipinski definition) is 2. The number of nitrogens with zero attached hydrogens (tertiary/aromatic N) is 1. The minimum atomic E-state index is -4.49. The fraction of sp³-hybridized carbons (Fsp3) is 0.118. The number of alkyl halides is 3. The molecule has 2 aromatic heterocycles. The van der Waals surface area contributed by atoms with Gasteiger partial charge in [0, 0.05) is 11.4 Å². The largest absolute Gasteiger partial charge is 0.550 e. The Labute approximate surface area is 161 Å². The number of nitrogens with one attached hydrogen (secondary N) is 2. The molecule has 0 aliphatic rings. The number of carboxylic acids is 1. The lowest BCUT2D eigenvalue weighted by molar-refractivity contribution is -0.364. The number of hydrogen-bond acceptors (Lipinski definition) is 6. The normalized spacial score (nSPS) is 11.3. The van der Waals surface area contributed by atoms with E-state index in [2.05, 4.69) is 15.5 Å². The van der Waals surface area contributed by atoms with Gasteiger partial charge in [0.05, 0.1) is 10.9 Å². The van der Waals surface area contributed by atoms with Gasteiger partial charge < -0.3 is 19.4 Å². The topological polar surface area (TPSA) is 112 Å². The zero-order chi connectivity index (χ0) is 20.9. The van der Waals surface area contributed by atoms with E-state index in [-0.39, 0.29) is 16.8 Å². The van der Waals surface area contributed by atoms with Gasteiger partial charge in [-0.2, -0.15) is 13.2 Å². The molecule has 0 bridgehead atoms. The molecule has 3 N–H and O–H groups in total. The van der Waals surface area contributed by atoms with Crippen molar-refractivity contribution in [3.63, 3.8) is 0 Å². The first kappa shape index (κ1) is 21.0. The molecule has 0 saturated carbocycles. The number of halogens is 4. The molecular formula is C17H13ClF3N3O4. The molecule has 0 fully saturated rings. The Balaban J connectivity index is 0.000000640. The number of carboxylic acid groups (broad SMARTS) is 1. The summed E-state index contributed by atoms with van der Waals surface area (Å²) in [6, 6.07) is 7.71. The zero-order valence-electron chi connectivity index (χ0n) is 14.2. The van der Waals surface area contributed by atoms with Crippen molar-refractivity contribution in [2.24, 2.45) is 5.10 Å². The van der Waals surface area contributed by atoms with Gasteiger partial charge in [0.15, 0.2) is 5.76 Å². The number of aromatic nitrogens is 1. The van der Waals surface area contributed by atoms with Crippen LogP contribution < -0.4 is 15.5 Å². The second-order valence-electron chi connectivity index (χ2n) is 5.29. The van der Waals surface area contributed by atoms with Crippen LogP contribution in [0.25, 0.3) is 10.8 Å². The summed E-state index contributed by atoms with van der Waals surface area (Å²) in [5.41, 5.74) is 1.59. The number of aromatic hydroxyl groups is 1. The average molecular weight is 416 g/mol. The predicted molar refractivity (Wildman–Crippen MR) is 92.8 cm³/mol. The lowest BCUT2D eigenvalue weighted by atomic mass is 10.2. The van der Waals surface area contributed by atoms with Gasteiger partial charge in [-0.3, -0.25) is 0 Å². The van der Waals surface area contributed by atoms with Crippen LogP contribution in [-0.4, -0.2) is 17.3 Å². The highest BCUT2D eigenvalue weighted by Gasteiger charge is 2.32. The minimum Gasteiger partial charge on any atom is -0.550 e. The number of anilines is 1. The Morgan fingerprint density at radius 3 is 2.54 bits per heavy atom. The molecule has 0 saturated heterocycles. The summed E-state index contributed by atoms with van der Waals surface area (Å²) in [5.74, 6) is -0.953. The van der Waals surface area contributed by atoms with Crippen LogP contribution in [0.15, 0.2) is 46.0 Å². The number of H-pyrrole nitrogens is 1. The molecule has 0 amide bonds. The zero-order valence-corrected chi connectivity index (χ0v) is 14.9. The van der Waals surface area contributed by atoms with Crippen LogP contribution in [0.5, 0.6) is 5.95 Å². The quantitative estimate of drug-likeness (QED) is 0.504. The van der Waals surface area contributed by atoms with Crippen molar-refractivity contribution >= 4 is 40.4 Å². The minimum absolute atomic E-state index is 0.0843. The van der Waals surface area contributed by atoms with Crippen molar-refractivity contribution in [1.82, 2.24) is 0 Å². The molecule has 1 aromatic carbocycles. The van der Waals surface area contributed by atoms with Gasteiger partial charge in [0.25, 0.3) is 5.95 Å².